The molecule has 0 aliphatic carbocycles. The lowest BCUT2D eigenvalue weighted by Crippen LogP contribution is -2.51. The molecule has 3 atom stereocenters. The lowest BCUT2D eigenvalue weighted by molar-refractivity contribution is -0.151. The van der Waals surface area contributed by atoms with Gasteiger partial charge in [0.15, 0.2) is 0 Å². The molecule has 2 aromatic rings. The molecule has 3 unspecified atom stereocenters. The third kappa shape index (κ3) is 2.61. The van der Waals surface area contributed by atoms with Crippen LogP contribution in [0.15, 0.2) is 60.7 Å². The predicted molar refractivity (Wildman–Crippen MR) is 98.6 cm³/mol. The summed E-state index contributed by atoms with van der Waals surface area (Å²) in [6.07, 6.45) is 3.10. The first-order valence-electron chi connectivity index (χ1n) is 9.17. The Hall–Kier alpha value is -2.62. The molecule has 4 rings (SSSR count). The van der Waals surface area contributed by atoms with Crippen LogP contribution in [0.25, 0.3) is 0 Å². The molecule has 0 radical (unpaired) electrons. The topological polar surface area (TPSA) is 46.6 Å². The Bertz CT molecular complexity index is 805. The van der Waals surface area contributed by atoms with E-state index < -0.39 is 5.54 Å². The molecule has 2 heterocycles. The Morgan fingerprint density at radius 3 is 2.38 bits per heavy atom. The van der Waals surface area contributed by atoms with Gasteiger partial charge in [-0.05, 0) is 49.3 Å². The van der Waals surface area contributed by atoms with Crippen molar-refractivity contribution in [1.82, 2.24) is 4.90 Å². The summed E-state index contributed by atoms with van der Waals surface area (Å²) >= 11 is 0. The molecule has 0 spiro atoms. The SMILES string of the molecule is COC(=O)C12CCC(C(Cc3ccccc3)C1)N2C(=O)c1ccccc1. The van der Waals surface area contributed by atoms with E-state index >= 15 is 0 Å². The molecule has 2 saturated heterocycles. The lowest BCUT2D eigenvalue weighted by Gasteiger charge is -2.32. The Morgan fingerprint density at radius 1 is 1.08 bits per heavy atom. The van der Waals surface area contributed by atoms with Crippen molar-refractivity contribution < 1.29 is 14.3 Å². The molecule has 26 heavy (non-hydrogen) atoms. The van der Waals surface area contributed by atoms with Gasteiger partial charge in [-0.2, -0.15) is 0 Å². The fourth-order valence-electron chi connectivity index (χ4n) is 4.83. The van der Waals surface area contributed by atoms with Crippen molar-refractivity contribution in [2.75, 3.05) is 7.11 Å². The first-order chi connectivity index (χ1) is 12.7. The molecule has 2 fully saturated rings. The number of benzene rings is 2. The van der Waals surface area contributed by atoms with Crippen LogP contribution < -0.4 is 0 Å². The first kappa shape index (κ1) is 16.8. The zero-order chi connectivity index (χ0) is 18.1. The summed E-state index contributed by atoms with van der Waals surface area (Å²) in [4.78, 5) is 27.8. The first-order valence-corrected chi connectivity index (χ1v) is 9.17. The number of carbonyl (C=O) groups excluding carboxylic acids is 2. The van der Waals surface area contributed by atoms with Crippen LogP contribution in [-0.2, 0) is 16.0 Å². The van der Waals surface area contributed by atoms with E-state index in [9.17, 15) is 9.59 Å². The van der Waals surface area contributed by atoms with Crippen molar-refractivity contribution in [1.29, 1.82) is 0 Å². The van der Waals surface area contributed by atoms with Gasteiger partial charge < -0.3 is 9.64 Å². The van der Waals surface area contributed by atoms with Gasteiger partial charge in [0, 0.05) is 11.6 Å². The van der Waals surface area contributed by atoms with E-state index in [1.165, 1.54) is 12.7 Å². The predicted octanol–water partition coefficient (Wildman–Crippen LogP) is 3.47. The van der Waals surface area contributed by atoms with Crippen LogP contribution in [0, 0.1) is 5.92 Å². The molecule has 4 nitrogen and oxygen atoms in total. The number of fused-ring (bicyclic) bond motifs is 2. The number of carbonyl (C=O) groups is 2. The molecular formula is C22H23NO3. The quantitative estimate of drug-likeness (QED) is 0.794. The Balaban J connectivity index is 1.67. The number of esters is 1. The van der Waals surface area contributed by atoms with Crippen LogP contribution in [0.2, 0.25) is 0 Å². The minimum Gasteiger partial charge on any atom is -0.467 e. The summed E-state index contributed by atoms with van der Waals surface area (Å²) in [5.41, 5.74) is 1.07. The minimum absolute atomic E-state index is 0.0611. The van der Waals surface area contributed by atoms with Crippen LogP contribution in [0.4, 0.5) is 0 Å². The van der Waals surface area contributed by atoms with Gasteiger partial charge in [-0.3, -0.25) is 4.79 Å². The molecule has 2 bridgehead atoms. The van der Waals surface area contributed by atoms with Crippen LogP contribution in [0.1, 0.15) is 35.2 Å². The van der Waals surface area contributed by atoms with Crippen LogP contribution >= 0.6 is 0 Å². The maximum Gasteiger partial charge on any atom is 0.331 e. The molecule has 0 N–H and O–H groups in total. The summed E-state index contributed by atoms with van der Waals surface area (Å²) < 4.78 is 5.14. The Labute approximate surface area is 153 Å². The highest BCUT2D eigenvalue weighted by Crippen LogP contribution is 2.51. The van der Waals surface area contributed by atoms with Gasteiger partial charge in [0.2, 0.25) is 0 Å². The molecule has 2 aliphatic rings. The number of methoxy groups -OCH3 is 1. The lowest BCUT2D eigenvalue weighted by atomic mass is 9.78. The van der Waals surface area contributed by atoms with Crippen molar-refractivity contribution in [3.8, 4) is 0 Å². The van der Waals surface area contributed by atoms with Gasteiger partial charge in [-0.25, -0.2) is 4.79 Å². The zero-order valence-electron chi connectivity index (χ0n) is 14.9. The van der Waals surface area contributed by atoms with Gasteiger partial charge in [-0.15, -0.1) is 0 Å². The average molecular weight is 349 g/mol. The van der Waals surface area contributed by atoms with E-state index in [0.717, 1.165) is 12.8 Å². The highest BCUT2D eigenvalue weighted by Gasteiger charge is 2.62. The van der Waals surface area contributed by atoms with Gasteiger partial charge in [0.1, 0.15) is 5.54 Å². The Kier molecular flexibility index (Phi) is 4.27. The molecule has 0 saturated carbocycles. The highest BCUT2D eigenvalue weighted by atomic mass is 16.5. The average Bonchev–Trinajstić information content (AvgIpc) is 3.22. The number of ether oxygens (including phenoxy) is 1. The number of hydrogen-bond donors (Lipinski definition) is 0. The summed E-state index contributed by atoms with van der Waals surface area (Å²) in [5, 5.41) is 0. The maximum atomic E-state index is 13.2. The third-order valence-electron chi connectivity index (χ3n) is 5.94. The summed E-state index contributed by atoms with van der Waals surface area (Å²) in [5.74, 6) is -0.0631. The van der Waals surface area contributed by atoms with E-state index in [-0.39, 0.29) is 23.8 Å². The zero-order valence-corrected chi connectivity index (χ0v) is 14.9. The van der Waals surface area contributed by atoms with Gasteiger partial charge in [0.25, 0.3) is 5.91 Å². The molecule has 2 aromatic carbocycles. The molecule has 134 valence electrons. The largest absolute Gasteiger partial charge is 0.467 e. The van der Waals surface area contributed by atoms with Crippen molar-refractivity contribution in [3.05, 3.63) is 71.8 Å². The second kappa shape index (κ2) is 6.60. The normalized spacial score (nSPS) is 26.7. The van der Waals surface area contributed by atoms with Crippen LogP contribution in [0.3, 0.4) is 0 Å². The van der Waals surface area contributed by atoms with Crippen molar-refractivity contribution >= 4 is 11.9 Å². The molecule has 4 heteroatoms. The molecule has 2 aliphatic heterocycles. The smallest absolute Gasteiger partial charge is 0.331 e. The maximum absolute atomic E-state index is 13.2. The minimum atomic E-state index is -0.814. The number of rotatable bonds is 4. The highest BCUT2D eigenvalue weighted by molar-refractivity contribution is 5.99. The van der Waals surface area contributed by atoms with Crippen LogP contribution in [-0.4, -0.2) is 35.5 Å². The van der Waals surface area contributed by atoms with Crippen molar-refractivity contribution in [3.63, 3.8) is 0 Å². The fraction of sp³-hybridized carbons (Fsp3) is 0.364. The number of amides is 1. The third-order valence-corrected chi connectivity index (χ3v) is 5.94. The monoisotopic (exact) mass is 349 g/mol. The molecule has 0 aromatic heterocycles. The summed E-state index contributed by atoms with van der Waals surface area (Å²) in [6, 6.07) is 19.6. The summed E-state index contributed by atoms with van der Waals surface area (Å²) in [6.45, 7) is 0. The van der Waals surface area contributed by atoms with Gasteiger partial charge in [0.05, 0.1) is 7.11 Å². The van der Waals surface area contributed by atoms with E-state index in [1.54, 1.807) is 0 Å². The number of hydrogen-bond acceptors (Lipinski definition) is 3. The van der Waals surface area contributed by atoms with Crippen molar-refractivity contribution in [2.45, 2.75) is 37.3 Å². The second-order valence-corrected chi connectivity index (χ2v) is 7.32. The second-order valence-electron chi connectivity index (χ2n) is 7.32. The molecular weight excluding hydrogens is 326 g/mol. The van der Waals surface area contributed by atoms with Gasteiger partial charge in [-0.1, -0.05) is 48.5 Å². The van der Waals surface area contributed by atoms with E-state index in [0.29, 0.717) is 18.4 Å². The Morgan fingerprint density at radius 2 is 1.73 bits per heavy atom. The van der Waals surface area contributed by atoms with E-state index in [4.69, 9.17) is 4.74 Å². The number of nitrogens with zero attached hydrogens (tertiary/aromatic N) is 1. The molecule has 1 amide bonds. The van der Waals surface area contributed by atoms with Gasteiger partial charge >= 0.3 is 5.97 Å². The van der Waals surface area contributed by atoms with Crippen molar-refractivity contribution in [2.24, 2.45) is 5.92 Å². The van der Waals surface area contributed by atoms with Crippen LogP contribution in [0.5, 0.6) is 0 Å². The van der Waals surface area contributed by atoms with E-state index in [1.807, 2.05) is 53.4 Å². The summed E-state index contributed by atoms with van der Waals surface area (Å²) in [7, 11) is 1.42. The standard InChI is InChI=1S/C22H23NO3/c1-26-21(25)22-13-12-19(18(15-22)14-16-8-4-2-5-9-16)23(22)20(24)17-10-6-3-7-11-17/h2-11,18-19H,12-15H2,1H3. The fourth-order valence-corrected chi connectivity index (χ4v) is 4.83. The van der Waals surface area contributed by atoms with E-state index in [2.05, 4.69) is 12.1 Å².